The van der Waals surface area contributed by atoms with Crippen LogP contribution >= 0.6 is 11.6 Å². The van der Waals surface area contributed by atoms with Gasteiger partial charge in [-0.3, -0.25) is 9.03 Å². The molecule has 1 aromatic rings. The van der Waals surface area contributed by atoms with Crippen LogP contribution in [0.4, 0.5) is 11.4 Å². The average Bonchev–Trinajstić information content (AvgIpc) is 2.89. The van der Waals surface area contributed by atoms with Gasteiger partial charge >= 0.3 is 0 Å². The minimum atomic E-state index is -3.48. The summed E-state index contributed by atoms with van der Waals surface area (Å²) in [6.45, 7) is 0.362. The van der Waals surface area contributed by atoms with Gasteiger partial charge in [-0.15, -0.1) is 0 Å². The average molecular weight is 393 g/mol. The smallest absolute Gasteiger partial charge is 0.235 e. The van der Waals surface area contributed by atoms with E-state index < -0.39 is 20.0 Å². The van der Waals surface area contributed by atoms with E-state index in [0.717, 1.165) is 19.3 Å². The summed E-state index contributed by atoms with van der Waals surface area (Å²) in [7, 11) is -6.85. The summed E-state index contributed by atoms with van der Waals surface area (Å²) in [5, 5.41) is -0.0954. The number of anilines is 2. The number of rotatable bonds is 4. The minimum absolute atomic E-state index is 0.0847. The maximum Gasteiger partial charge on any atom is 0.235 e. The molecule has 0 radical (unpaired) electrons. The van der Waals surface area contributed by atoms with E-state index in [2.05, 4.69) is 4.72 Å². The highest BCUT2D eigenvalue weighted by molar-refractivity contribution is 7.93. The molecule has 2 aliphatic rings. The first kappa shape index (κ1) is 17.8. The van der Waals surface area contributed by atoms with E-state index in [1.54, 1.807) is 6.07 Å². The topological polar surface area (TPSA) is 83.6 Å². The van der Waals surface area contributed by atoms with E-state index in [-0.39, 0.29) is 11.0 Å². The van der Waals surface area contributed by atoms with Crippen molar-refractivity contribution in [3.8, 4) is 0 Å². The second-order valence-electron chi connectivity index (χ2n) is 6.31. The molecule has 1 N–H and O–H groups in total. The van der Waals surface area contributed by atoms with Crippen LogP contribution in [0.2, 0.25) is 5.02 Å². The Kier molecular flexibility index (Phi) is 4.99. The van der Waals surface area contributed by atoms with E-state index in [0.29, 0.717) is 42.2 Å². The van der Waals surface area contributed by atoms with Crippen LogP contribution in [0.1, 0.15) is 38.5 Å². The van der Waals surface area contributed by atoms with Gasteiger partial charge < -0.3 is 0 Å². The van der Waals surface area contributed by atoms with Gasteiger partial charge in [0.15, 0.2) is 0 Å². The molecule has 0 amide bonds. The quantitative estimate of drug-likeness (QED) is 0.853. The number of benzene rings is 1. The summed E-state index contributed by atoms with van der Waals surface area (Å²) in [6, 6.07) is 4.60. The lowest BCUT2D eigenvalue weighted by Gasteiger charge is -2.23. The van der Waals surface area contributed by atoms with Crippen LogP contribution < -0.4 is 9.03 Å². The van der Waals surface area contributed by atoms with Crippen molar-refractivity contribution in [1.29, 1.82) is 0 Å². The SMILES string of the molecule is O=S(=O)(Nc1ccc(Cl)c(N2CCCS2(=O)=O)c1)C1CCCCC1. The molecule has 1 saturated heterocycles. The minimum Gasteiger partial charge on any atom is -0.283 e. The summed E-state index contributed by atoms with van der Waals surface area (Å²) in [4.78, 5) is 0. The Morgan fingerprint density at radius 3 is 2.46 bits per heavy atom. The standard InChI is InChI=1S/C15H21ClN2O4S2/c16-14-8-7-12(11-15(14)18-9-4-10-23(18,19)20)17-24(21,22)13-5-2-1-3-6-13/h7-8,11,13,17H,1-6,9-10H2. The van der Waals surface area contributed by atoms with Crippen LogP contribution in [0.15, 0.2) is 18.2 Å². The largest absolute Gasteiger partial charge is 0.283 e. The summed E-state index contributed by atoms with van der Waals surface area (Å²) < 4.78 is 53.1. The second-order valence-corrected chi connectivity index (χ2v) is 10.7. The van der Waals surface area contributed by atoms with Crippen molar-refractivity contribution >= 4 is 43.0 Å². The molecule has 0 atom stereocenters. The van der Waals surface area contributed by atoms with Crippen molar-refractivity contribution in [3.05, 3.63) is 23.2 Å². The highest BCUT2D eigenvalue weighted by atomic mass is 35.5. The molecular weight excluding hydrogens is 372 g/mol. The van der Waals surface area contributed by atoms with Gasteiger partial charge in [0.05, 0.1) is 27.4 Å². The summed E-state index contributed by atoms with van der Waals surface area (Å²) >= 11 is 6.14. The Labute approximate surface area is 148 Å². The fraction of sp³-hybridized carbons (Fsp3) is 0.600. The predicted molar refractivity (Wildman–Crippen MR) is 96.6 cm³/mol. The van der Waals surface area contributed by atoms with Crippen LogP contribution in [-0.4, -0.2) is 34.4 Å². The molecule has 3 rings (SSSR count). The molecule has 6 nitrogen and oxygen atoms in total. The zero-order chi connectivity index (χ0) is 17.4. The van der Waals surface area contributed by atoms with E-state index >= 15 is 0 Å². The maximum atomic E-state index is 12.5. The highest BCUT2D eigenvalue weighted by Crippen LogP contribution is 2.34. The number of nitrogens with zero attached hydrogens (tertiary/aromatic N) is 1. The normalized spacial score (nSPS) is 21.8. The first-order chi connectivity index (χ1) is 11.3. The van der Waals surface area contributed by atoms with Crippen molar-refractivity contribution in [2.75, 3.05) is 21.3 Å². The molecule has 24 heavy (non-hydrogen) atoms. The Bertz CT molecular complexity index is 818. The van der Waals surface area contributed by atoms with Gasteiger partial charge in [0.1, 0.15) is 0 Å². The molecule has 1 aromatic carbocycles. The van der Waals surface area contributed by atoms with Gasteiger partial charge in [-0.2, -0.15) is 0 Å². The van der Waals surface area contributed by atoms with Crippen molar-refractivity contribution in [3.63, 3.8) is 0 Å². The molecule has 0 aromatic heterocycles. The van der Waals surface area contributed by atoms with E-state index in [1.165, 1.54) is 16.4 Å². The zero-order valence-corrected chi connectivity index (χ0v) is 15.6. The number of sulfonamides is 2. The molecule has 0 unspecified atom stereocenters. The molecule has 1 aliphatic heterocycles. The number of hydrogen-bond donors (Lipinski definition) is 1. The lowest BCUT2D eigenvalue weighted by molar-refractivity contribution is 0.486. The summed E-state index contributed by atoms with van der Waals surface area (Å²) in [5.74, 6) is 0.0847. The first-order valence-corrected chi connectivity index (χ1v) is 11.6. The number of halogens is 1. The summed E-state index contributed by atoms with van der Waals surface area (Å²) in [6.07, 6.45) is 4.78. The third-order valence-electron chi connectivity index (χ3n) is 4.57. The van der Waals surface area contributed by atoms with Crippen molar-refractivity contribution in [2.45, 2.75) is 43.8 Å². The fourth-order valence-electron chi connectivity index (χ4n) is 3.30. The molecular formula is C15H21ClN2O4S2. The molecule has 0 bridgehead atoms. The van der Waals surface area contributed by atoms with Gasteiger partial charge in [0.25, 0.3) is 0 Å². The molecule has 1 heterocycles. The van der Waals surface area contributed by atoms with Gasteiger partial charge in [0.2, 0.25) is 20.0 Å². The monoisotopic (exact) mass is 392 g/mol. The number of hydrogen-bond acceptors (Lipinski definition) is 4. The van der Waals surface area contributed by atoms with Crippen LogP contribution in [0.5, 0.6) is 0 Å². The Balaban J connectivity index is 1.86. The molecule has 1 saturated carbocycles. The van der Waals surface area contributed by atoms with Crippen LogP contribution in [-0.2, 0) is 20.0 Å². The lowest BCUT2D eigenvalue weighted by atomic mass is 10.0. The predicted octanol–water partition coefficient (Wildman–Crippen LogP) is 2.95. The van der Waals surface area contributed by atoms with Crippen LogP contribution in [0.25, 0.3) is 0 Å². The van der Waals surface area contributed by atoms with Crippen molar-refractivity contribution in [1.82, 2.24) is 0 Å². The fourth-order valence-corrected chi connectivity index (χ4v) is 6.72. The zero-order valence-electron chi connectivity index (χ0n) is 13.2. The second kappa shape index (κ2) is 6.72. The van der Waals surface area contributed by atoms with Crippen molar-refractivity contribution in [2.24, 2.45) is 0 Å². The lowest BCUT2D eigenvalue weighted by Crippen LogP contribution is -2.30. The first-order valence-electron chi connectivity index (χ1n) is 8.11. The summed E-state index contributed by atoms with van der Waals surface area (Å²) in [5.41, 5.74) is 0.681. The van der Waals surface area contributed by atoms with E-state index in [1.807, 2.05) is 0 Å². The van der Waals surface area contributed by atoms with Gasteiger partial charge in [-0.25, -0.2) is 16.8 Å². The van der Waals surface area contributed by atoms with Crippen LogP contribution in [0.3, 0.4) is 0 Å². The van der Waals surface area contributed by atoms with E-state index in [9.17, 15) is 16.8 Å². The molecule has 2 fully saturated rings. The van der Waals surface area contributed by atoms with E-state index in [4.69, 9.17) is 11.6 Å². The maximum absolute atomic E-state index is 12.5. The molecule has 9 heteroatoms. The molecule has 1 aliphatic carbocycles. The molecule has 134 valence electrons. The number of nitrogens with one attached hydrogen (secondary N) is 1. The third-order valence-corrected chi connectivity index (χ3v) is 8.61. The van der Waals surface area contributed by atoms with Crippen LogP contribution in [0, 0.1) is 0 Å². The van der Waals surface area contributed by atoms with Gasteiger partial charge in [0, 0.05) is 6.54 Å². The van der Waals surface area contributed by atoms with Crippen molar-refractivity contribution < 1.29 is 16.8 Å². The molecule has 0 spiro atoms. The Morgan fingerprint density at radius 2 is 1.83 bits per heavy atom. The Hall–Kier alpha value is -0.990. The highest BCUT2D eigenvalue weighted by Gasteiger charge is 2.31. The third kappa shape index (κ3) is 3.65. The Morgan fingerprint density at radius 1 is 1.12 bits per heavy atom. The van der Waals surface area contributed by atoms with Gasteiger partial charge in [-0.05, 0) is 37.5 Å². The van der Waals surface area contributed by atoms with Gasteiger partial charge in [-0.1, -0.05) is 30.9 Å².